The maximum absolute atomic E-state index is 14.0. The van der Waals surface area contributed by atoms with E-state index in [9.17, 15) is 9.18 Å². The summed E-state index contributed by atoms with van der Waals surface area (Å²) >= 11 is 2.09. The van der Waals surface area contributed by atoms with Crippen LogP contribution < -0.4 is 5.32 Å². The molecule has 0 radical (unpaired) electrons. The number of hydrogen-bond acceptors (Lipinski definition) is 7. The van der Waals surface area contributed by atoms with Crippen LogP contribution in [0.15, 0.2) is 31.0 Å². The summed E-state index contributed by atoms with van der Waals surface area (Å²) in [7, 11) is 0. The second kappa shape index (κ2) is 6.72. The van der Waals surface area contributed by atoms with Gasteiger partial charge in [0.1, 0.15) is 27.4 Å². The van der Waals surface area contributed by atoms with E-state index in [1.165, 1.54) is 12.4 Å². The third-order valence-corrected chi connectivity index (χ3v) is 5.78. The Bertz CT molecular complexity index is 1320. The lowest BCUT2D eigenvalue weighted by molar-refractivity contribution is -0.119. The van der Waals surface area contributed by atoms with Crippen LogP contribution in [0.4, 0.5) is 10.2 Å². The van der Waals surface area contributed by atoms with Crippen LogP contribution in [0.1, 0.15) is 25.0 Å². The Morgan fingerprint density at radius 1 is 1.20 bits per heavy atom. The molecule has 1 amide bonds. The van der Waals surface area contributed by atoms with E-state index in [4.69, 9.17) is 0 Å². The second-order valence-electron chi connectivity index (χ2n) is 7.42. The molecule has 0 saturated heterocycles. The van der Waals surface area contributed by atoms with Crippen molar-refractivity contribution in [3.05, 3.63) is 51.6 Å². The summed E-state index contributed by atoms with van der Waals surface area (Å²) in [4.78, 5) is 33.7. The number of nitrogens with one attached hydrogen (secondary N) is 1. The zero-order chi connectivity index (χ0) is 21.0. The third-order valence-electron chi connectivity index (χ3n) is 5.00. The van der Waals surface area contributed by atoms with Gasteiger partial charge >= 0.3 is 0 Å². The first-order chi connectivity index (χ1) is 14.3. The highest BCUT2D eigenvalue weighted by Crippen LogP contribution is 2.40. The summed E-state index contributed by atoms with van der Waals surface area (Å²) in [5, 5.41) is 7.90. The number of carbonyl (C=O) groups excluding carboxylic acids is 1. The summed E-state index contributed by atoms with van der Waals surface area (Å²) in [6.07, 6.45) is 5.94. The molecule has 150 valence electrons. The van der Waals surface area contributed by atoms with E-state index < -0.39 is 11.2 Å². The van der Waals surface area contributed by atoms with Crippen LogP contribution in [0, 0.1) is 9.52 Å². The van der Waals surface area contributed by atoms with E-state index in [1.807, 2.05) is 13.8 Å². The number of pyridine rings is 1. The molecule has 0 atom stereocenters. The molecule has 1 aliphatic heterocycles. The zero-order valence-electron chi connectivity index (χ0n) is 15.9. The highest BCUT2D eigenvalue weighted by Gasteiger charge is 2.42. The van der Waals surface area contributed by atoms with Crippen molar-refractivity contribution in [2.24, 2.45) is 0 Å². The van der Waals surface area contributed by atoms with Crippen molar-refractivity contribution in [3.63, 3.8) is 0 Å². The van der Waals surface area contributed by atoms with Crippen LogP contribution in [0.3, 0.4) is 0 Å². The summed E-state index contributed by atoms with van der Waals surface area (Å²) in [6, 6.07) is 1.36. The first-order valence-electron chi connectivity index (χ1n) is 9.00. The van der Waals surface area contributed by atoms with Gasteiger partial charge in [-0.15, -0.1) is 0 Å². The van der Waals surface area contributed by atoms with Gasteiger partial charge in [-0.3, -0.25) is 4.79 Å². The Morgan fingerprint density at radius 3 is 2.73 bits per heavy atom. The average Bonchev–Trinajstić information content (AvgIpc) is 3.16. The van der Waals surface area contributed by atoms with Gasteiger partial charge in [-0.25, -0.2) is 34.0 Å². The topological polar surface area (TPSA) is 111 Å². The average molecular weight is 516 g/mol. The molecule has 0 aromatic carbocycles. The van der Waals surface area contributed by atoms with Crippen LogP contribution in [0.25, 0.3) is 22.6 Å². The van der Waals surface area contributed by atoms with Gasteiger partial charge in [0.25, 0.3) is 0 Å². The summed E-state index contributed by atoms with van der Waals surface area (Å²) in [6.45, 7) is 4.00. The minimum absolute atomic E-state index is 0.144. The van der Waals surface area contributed by atoms with Crippen LogP contribution in [-0.4, -0.2) is 40.6 Å². The lowest BCUT2D eigenvalue weighted by Gasteiger charge is -2.15. The Balaban J connectivity index is 1.69. The number of nitrogens with zero attached hydrogens (tertiary/aromatic N) is 7. The number of fused-ring (bicyclic) bond motifs is 2. The van der Waals surface area contributed by atoms with Crippen molar-refractivity contribution in [2.45, 2.75) is 25.8 Å². The molecule has 4 aromatic rings. The Kier molecular flexibility index (Phi) is 4.24. The van der Waals surface area contributed by atoms with E-state index >= 15 is 0 Å². The van der Waals surface area contributed by atoms with E-state index in [2.05, 4.69) is 57.9 Å². The highest BCUT2D eigenvalue weighted by molar-refractivity contribution is 14.1. The lowest BCUT2D eigenvalue weighted by atomic mass is 9.88. The first-order valence-corrected chi connectivity index (χ1v) is 10.1. The quantitative estimate of drug-likeness (QED) is 0.329. The molecule has 0 saturated carbocycles. The predicted octanol–water partition coefficient (Wildman–Crippen LogP) is 2.70. The fourth-order valence-corrected chi connectivity index (χ4v) is 4.61. The van der Waals surface area contributed by atoms with Crippen molar-refractivity contribution < 1.29 is 9.18 Å². The Hall–Kier alpha value is -3.09. The van der Waals surface area contributed by atoms with Crippen molar-refractivity contribution >= 4 is 45.3 Å². The second-order valence-corrected chi connectivity index (χ2v) is 8.44. The first kappa shape index (κ1) is 18.9. The summed E-state index contributed by atoms with van der Waals surface area (Å²) in [5.41, 5.74) is 1.70. The lowest BCUT2D eigenvalue weighted by Crippen LogP contribution is -2.27. The highest BCUT2D eigenvalue weighted by atomic mass is 127. The number of rotatable bonds is 3. The molecule has 11 heteroatoms. The molecule has 1 N–H and O–H groups in total. The van der Waals surface area contributed by atoms with Crippen LogP contribution >= 0.6 is 22.6 Å². The molecule has 5 heterocycles. The van der Waals surface area contributed by atoms with Crippen molar-refractivity contribution in [3.8, 4) is 11.5 Å². The SMILES string of the molecule is CC1(C)C(=O)Nc2nc(-c3nn(Cc4cncnc4)c4ncc(F)cc34)nc(I)c21. The van der Waals surface area contributed by atoms with Crippen molar-refractivity contribution in [2.75, 3.05) is 5.32 Å². The largest absolute Gasteiger partial charge is 0.310 e. The third kappa shape index (κ3) is 2.91. The summed E-state index contributed by atoms with van der Waals surface area (Å²) < 4.78 is 16.3. The van der Waals surface area contributed by atoms with Gasteiger partial charge in [0.2, 0.25) is 5.91 Å². The number of anilines is 1. The van der Waals surface area contributed by atoms with E-state index in [0.717, 1.165) is 17.3 Å². The molecule has 4 aromatic heterocycles. The minimum Gasteiger partial charge on any atom is -0.310 e. The molecule has 0 bridgehead atoms. The number of amides is 1. The molecule has 9 nitrogen and oxygen atoms in total. The summed E-state index contributed by atoms with van der Waals surface area (Å²) in [5.74, 6) is 0.102. The molecule has 30 heavy (non-hydrogen) atoms. The Labute approximate surface area is 183 Å². The van der Waals surface area contributed by atoms with Gasteiger partial charge in [-0.1, -0.05) is 0 Å². The number of carbonyl (C=O) groups is 1. The van der Waals surface area contributed by atoms with Gasteiger partial charge in [0.15, 0.2) is 11.5 Å². The Morgan fingerprint density at radius 2 is 1.97 bits per heavy atom. The standard InChI is InChI=1S/C19H14FIN8O/c1-19(2)12-14(21)25-16(26-15(12)27-18(19)30)13-11-3-10(20)6-24-17(11)29(28-13)7-9-4-22-8-23-5-9/h3-6,8H,7H2,1-2H3,(H,25,26,27,30). The van der Waals surface area contributed by atoms with Gasteiger partial charge in [0, 0.05) is 23.5 Å². The molecule has 0 aliphatic carbocycles. The van der Waals surface area contributed by atoms with Gasteiger partial charge < -0.3 is 5.32 Å². The molecule has 5 rings (SSSR count). The van der Waals surface area contributed by atoms with Crippen LogP contribution in [-0.2, 0) is 16.8 Å². The number of halogens is 2. The monoisotopic (exact) mass is 516 g/mol. The van der Waals surface area contributed by atoms with Gasteiger partial charge in [-0.05, 0) is 42.5 Å². The van der Waals surface area contributed by atoms with Crippen LogP contribution in [0.5, 0.6) is 0 Å². The predicted molar refractivity (Wildman–Crippen MR) is 114 cm³/mol. The van der Waals surface area contributed by atoms with Gasteiger partial charge in [-0.2, -0.15) is 5.10 Å². The fraction of sp³-hybridized carbons (Fsp3) is 0.211. The van der Waals surface area contributed by atoms with E-state index in [1.54, 1.807) is 17.1 Å². The normalized spacial score (nSPS) is 14.7. The smallest absolute Gasteiger partial charge is 0.235 e. The number of hydrogen-bond donors (Lipinski definition) is 1. The number of aromatic nitrogens is 7. The van der Waals surface area contributed by atoms with E-state index in [-0.39, 0.29) is 11.7 Å². The molecule has 0 fully saturated rings. The van der Waals surface area contributed by atoms with Crippen molar-refractivity contribution in [1.29, 1.82) is 0 Å². The molecular weight excluding hydrogens is 502 g/mol. The molecule has 0 spiro atoms. The molecule has 1 aliphatic rings. The maximum atomic E-state index is 14.0. The van der Waals surface area contributed by atoms with Crippen LogP contribution in [0.2, 0.25) is 0 Å². The van der Waals surface area contributed by atoms with Gasteiger partial charge in [0.05, 0.1) is 23.5 Å². The fourth-order valence-electron chi connectivity index (χ4n) is 3.45. The van der Waals surface area contributed by atoms with Crippen molar-refractivity contribution in [1.82, 2.24) is 34.7 Å². The molecular formula is C19H14FIN8O. The maximum Gasteiger partial charge on any atom is 0.235 e. The van der Waals surface area contributed by atoms with E-state index in [0.29, 0.717) is 32.8 Å². The zero-order valence-corrected chi connectivity index (χ0v) is 18.0. The minimum atomic E-state index is -0.729. The molecule has 0 unspecified atom stereocenters.